The first-order valence-corrected chi connectivity index (χ1v) is 6.85. The van der Waals surface area contributed by atoms with Crippen molar-refractivity contribution in [1.29, 1.82) is 0 Å². The van der Waals surface area contributed by atoms with Crippen molar-refractivity contribution >= 4 is 17.5 Å². The van der Waals surface area contributed by atoms with E-state index in [1.165, 1.54) is 12.8 Å². The Labute approximate surface area is 118 Å². The lowest BCUT2D eigenvalue weighted by Gasteiger charge is -2.05. The molecule has 1 aromatic rings. The monoisotopic (exact) mass is 276 g/mol. The summed E-state index contributed by atoms with van der Waals surface area (Å²) in [4.78, 5) is 11.9. The van der Waals surface area contributed by atoms with Gasteiger partial charge < -0.3 is 11.1 Å². The molecule has 3 nitrogen and oxygen atoms in total. The third kappa shape index (κ3) is 4.27. The van der Waals surface area contributed by atoms with Crippen LogP contribution in [0.5, 0.6) is 0 Å². The van der Waals surface area contributed by atoms with Crippen LogP contribution in [0.1, 0.15) is 35.2 Å². The fourth-order valence-corrected chi connectivity index (χ4v) is 2.03. The summed E-state index contributed by atoms with van der Waals surface area (Å²) in [5.41, 5.74) is 6.57. The number of carbonyl (C=O) groups excluding carboxylic acids is 1. The zero-order valence-electron chi connectivity index (χ0n) is 10.7. The van der Waals surface area contributed by atoms with Crippen LogP contribution in [-0.4, -0.2) is 19.0 Å². The summed E-state index contributed by atoms with van der Waals surface area (Å²) in [6, 6.07) is 5.13. The predicted molar refractivity (Wildman–Crippen MR) is 77.1 cm³/mol. The Morgan fingerprint density at radius 3 is 2.89 bits per heavy atom. The minimum atomic E-state index is -0.0825. The van der Waals surface area contributed by atoms with Gasteiger partial charge >= 0.3 is 0 Å². The van der Waals surface area contributed by atoms with E-state index in [2.05, 4.69) is 17.2 Å². The van der Waals surface area contributed by atoms with Crippen molar-refractivity contribution in [2.45, 2.75) is 19.3 Å². The Morgan fingerprint density at radius 1 is 1.47 bits per heavy atom. The maximum atomic E-state index is 11.9. The van der Waals surface area contributed by atoms with Crippen molar-refractivity contribution < 1.29 is 4.79 Å². The molecule has 0 saturated heterocycles. The van der Waals surface area contributed by atoms with E-state index in [1.54, 1.807) is 18.2 Å². The topological polar surface area (TPSA) is 55.1 Å². The lowest BCUT2D eigenvalue weighted by atomic mass is 10.1. The van der Waals surface area contributed by atoms with Crippen molar-refractivity contribution in [1.82, 2.24) is 5.32 Å². The summed E-state index contributed by atoms with van der Waals surface area (Å²) in [6.45, 7) is 1.02. The van der Waals surface area contributed by atoms with Crippen LogP contribution in [0.3, 0.4) is 0 Å². The highest BCUT2D eigenvalue weighted by atomic mass is 35.5. The molecule has 0 spiro atoms. The van der Waals surface area contributed by atoms with E-state index in [4.69, 9.17) is 17.3 Å². The fraction of sp³-hybridized carbons (Fsp3) is 0.400. The number of nitrogens with one attached hydrogen (secondary N) is 1. The molecule has 2 rings (SSSR count). The van der Waals surface area contributed by atoms with Gasteiger partial charge in [0.25, 0.3) is 5.91 Å². The molecule has 0 aliphatic heterocycles. The first kappa shape index (κ1) is 13.9. The van der Waals surface area contributed by atoms with E-state index in [-0.39, 0.29) is 5.91 Å². The number of hydrogen-bond donors (Lipinski definition) is 2. The molecule has 0 heterocycles. The lowest BCUT2D eigenvalue weighted by Crippen LogP contribution is -2.24. The SMILES string of the molecule is NCC#Cc1ccc(C(=O)NCCC2CC2)cc1Cl. The van der Waals surface area contributed by atoms with Gasteiger partial charge in [-0.2, -0.15) is 0 Å². The number of halogens is 1. The minimum absolute atomic E-state index is 0.0825. The fourth-order valence-electron chi connectivity index (χ4n) is 1.80. The van der Waals surface area contributed by atoms with Gasteiger partial charge in [-0.25, -0.2) is 0 Å². The van der Waals surface area contributed by atoms with Crippen LogP contribution < -0.4 is 11.1 Å². The third-order valence-corrected chi connectivity index (χ3v) is 3.40. The molecule has 19 heavy (non-hydrogen) atoms. The Morgan fingerprint density at radius 2 is 2.26 bits per heavy atom. The quantitative estimate of drug-likeness (QED) is 0.828. The van der Waals surface area contributed by atoms with Gasteiger partial charge in [0.1, 0.15) is 0 Å². The van der Waals surface area contributed by atoms with E-state index < -0.39 is 0 Å². The Bertz CT molecular complexity index is 527. The van der Waals surface area contributed by atoms with Crippen LogP contribution in [0.25, 0.3) is 0 Å². The van der Waals surface area contributed by atoms with Crippen LogP contribution in [0.15, 0.2) is 18.2 Å². The highest BCUT2D eigenvalue weighted by molar-refractivity contribution is 6.32. The number of carbonyl (C=O) groups is 1. The molecular weight excluding hydrogens is 260 g/mol. The molecule has 0 bridgehead atoms. The standard InChI is InChI=1S/C15H17ClN2O/c16-14-10-13(6-5-12(14)2-1-8-17)15(19)18-9-7-11-3-4-11/h5-6,10-11H,3-4,7-9,17H2,(H,18,19). The van der Waals surface area contributed by atoms with Gasteiger partial charge in [0.2, 0.25) is 0 Å². The maximum Gasteiger partial charge on any atom is 0.251 e. The van der Waals surface area contributed by atoms with Gasteiger partial charge in [0.15, 0.2) is 0 Å². The van der Waals surface area contributed by atoms with Crippen LogP contribution in [-0.2, 0) is 0 Å². The van der Waals surface area contributed by atoms with Crippen LogP contribution in [0.4, 0.5) is 0 Å². The van der Waals surface area contributed by atoms with Gasteiger partial charge in [-0.15, -0.1) is 0 Å². The highest BCUT2D eigenvalue weighted by Gasteiger charge is 2.20. The molecule has 0 atom stereocenters. The molecule has 1 fully saturated rings. The van der Waals surface area contributed by atoms with E-state index in [0.29, 0.717) is 22.7 Å². The summed E-state index contributed by atoms with van der Waals surface area (Å²) in [6.07, 6.45) is 3.67. The zero-order chi connectivity index (χ0) is 13.7. The summed E-state index contributed by atoms with van der Waals surface area (Å²) in [7, 11) is 0. The first-order chi connectivity index (χ1) is 9.20. The number of amides is 1. The van der Waals surface area contributed by atoms with Crippen molar-refractivity contribution in [3.8, 4) is 11.8 Å². The molecule has 1 aliphatic rings. The minimum Gasteiger partial charge on any atom is -0.352 e. The van der Waals surface area contributed by atoms with Crippen molar-refractivity contribution in [2.24, 2.45) is 11.7 Å². The van der Waals surface area contributed by atoms with Gasteiger partial charge in [-0.05, 0) is 30.5 Å². The van der Waals surface area contributed by atoms with E-state index >= 15 is 0 Å². The second-order valence-electron chi connectivity index (χ2n) is 4.69. The smallest absolute Gasteiger partial charge is 0.251 e. The van der Waals surface area contributed by atoms with E-state index in [1.807, 2.05) is 0 Å². The Balaban J connectivity index is 1.95. The largest absolute Gasteiger partial charge is 0.352 e. The second-order valence-corrected chi connectivity index (χ2v) is 5.10. The van der Waals surface area contributed by atoms with Crippen LogP contribution >= 0.6 is 11.6 Å². The van der Waals surface area contributed by atoms with Gasteiger partial charge in [0, 0.05) is 17.7 Å². The first-order valence-electron chi connectivity index (χ1n) is 6.47. The molecule has 0 aromatic heterocycles. The molecule has 0 radical (unpaired) electrons. The molecule has 1 aliphatic carbocycles. The zero-order valence-corrected chi connectivity index (χ0v) is 11.5. The number of hydrogen-bond acceptors (Lipinski definition) is 2. The summed E-state index contributed by atoms with van der Waals surface area (Å²) >= 11 is 6.08. The third-order valence-electron chi connectivity index (χ3n) is 3.09. The van der Waals surface area contributed by atoms with Crippen LogP contribution in [0.2, 0.25) is 5.02 Å². The van der Waals surface area contributed by atoms with Gasteiger partial charge in [0.05, 0.1) is 11.6 Å². The molecule has 3 N–H and O–H groups in total. The van der Waals surface area contributed by atoms with E-state index in [0.717, 1.165) is 18.9 Å². The normalized spacial score (nSPS) is 13.6. The van der Waals surface area contributed by atoms with Crippen molar-refractivity contribution in [3.05, 3.63) is 34.3 Å². The average molecular weight is 277 g/mol. The molecule has 0 unspecified atom stereocenters. The molecule has 1 aromatic carbocycles. The second kappa shape index (κ2) is 6.60. The Kier molecular flexibility index (Phi) is 4.84. The van der Waals surface area contributed by atoms with Gasteiger partial charge in [-0.3, -0.25) is 4.79 Å². The van der Waals surface area contributed by atoms with E-state index in [9.17, 15) is 4.79 Å². The summed E-state index contributed by atoms with van der Waals surface area (Å²) in [5, 5.41) is 3.39. The summed E-state index contributed by atoms with van der Waals surface area (Å²) < 4.78 is 0. The lowest BCUT2D eigenvalue weighted by molar-refractivity contribution is 0.0952. The predicted octanol–water partition coefficient (Wildman–Crippen LogP) is 2.18. The van der Waals surface area contributed by atoms with Crippen molar-refractivity contribution in [2.75, 3.05) is 13.1 Å². The Hall–Kier alpha value is -1.50. The number of rotatable bonds is 4. The molecule has 1 saturated carbocycles. The van der Waals surface area contributed by atoms with Crippen LogP contribution in [0, 0.1) is 17.8 Å². The number of benzene rings is 1. The maximum absolute atomic E-state index is 11.9. The average Bonchev–Trinajstić information content (AvgIpc) is 3.21. The van der Waals surface area contributed by atoms with Gasteiger partial charge in [-0.1, -0.05) is 36.3 Å². The van der Waals surface area contributed by atoms with Crippen molar-refractivity contribution in [3.63, 3.8) is 0 Å². The molecule has 4 heteroatoms. The molecular formula is C15H17ClN2O. The number of nitrogens with two attached hydrogens (primary N) is 1. The molecule has 100 valence electrons. The molecule has 1 amide bonds. The summed E-state index contributed by atoms with van der Waals surface area (Å²) in [5.74, 6) is 6.34. The highest BCUT2D eigenvalue weighted by Crippen LogP contribution is 2.31.